The fourth-order valence-electron chi connectivity index (χ4n) is 2.84. The molecule has 0 aliphatic rings. The molecule has 4 aromatic rings. The van der Waals surface area contributed by atoms with Crippen LogP contribution >= 0.6 is 0 Å². The maximum absolute atomic E-state index is 12.9. The van der Waals surface area contributed by atoms with E-state index in [9.17, 15) is 9.59 Å². The molecular weight excluding hydrogens is 364 g/mol. The number of hydrogen-bond donors (Lipinski definition) is 0. The minimum atomic E-state index is -0.356. The maximum Gasteiger partial charge on any atom is 0.277 e. The third kappa shape index (κ3) is 2.98. The lowest BCUT2D eigenvalue weighted by atomic mass is 10.2. The fourth-order valence-corrected chi connectivity index (χ4v) is 2.84. The van der Waals surface area contributed by atoms with Gasteiger partial charge in [0.05, 0.1) is 29.9 Å². The summed E-state index contributed by atoms with van der Waals surface area (Å²) in [6, 6.07) is 2.66. The Labute approximate surface area is 156 Å². The number of fused-ring (bicyclic) bond motifs is 2. The van der Waals surface area contributed by atoms with Gasteiger partial charge in [0.1, 0.15) is 17.4 Å². The molecule has 28 heavy (non-hydrogen) atoms. The molecule has 3 aromatic heterocycles. The Morgan fingerprint density at radius 2 is 1.79 bits per heavy atom. The van der Waals surface area contributed by atoms with Crippen LogP contribution in [-0.4, -0.2) is 50.2 Å². The summed E-state index contributed by atoms with van der Waals surface area (Å²) in [7, 11) is 0. The Morgan fingerprint density at radius 3 is 2.46 bits per heavy atom. The first-order valence-electron chi connectivity index (χ1n) is 8.39. The normalized spacial score (nSPS) is 12.3. The number of terminal acetylenes is 1. The highest BCUT2D eigenvalue weighted by molar-refractivity contribution is 5.93. The van der Waals surface area contributed by atoms with Crippen LogP contribution in [0.15, 0.2) is 28.0 Å². The van der Waals surface area contributed by atoms with Crippen LogP contribution in [0.3, 0.4) is 0 Å². The SMILES string of the molecule is C#CCCn1nnc2cc3c(=O)n(C(C)Cn4cnnn4)nnc3cc2c1=O. The van der Waals surface area contributed by atoms with Crippen LogP contribution in [-0.2, 0) is 13.1 Å². The van der Waals surface area contributed by atoms with Crippen molar-refractivity contribution in [3.8, 4) is 12.3 Å². The first-order chi connectivity index (χ1) is 13.6. The van der Waals surface area contributed by atoms with Gasteiger partial charge in [-0.15, -0.1) is 27.6 Å². The molecule has 0 saturated carbocycles. The predicted molar refractivity (Wildman–Crippen MR) is 97.1 cm³/mol. The third-order valence-electron chi connectivity index (χ3n) is 4.25. The van der Waals surface area contributed by atoms with Crippen LogP contribution in [0.4, 0.5) is 0 Å². The van der Waals surface area contributed by atoms with Crippen molar-refractivity contribution < 1.29 is 0 Å². The van der Waals surface area contributed by atoms with Gasteiger partial charge in [0.15, 0.2) is 0 Å². The quantitative estimate of drug-likeness (QED) is 0.321. The van der Waals surface area contributed by atoms with E-state index < -0.39 is 0 Å². The number of rotatable bonds is 5. The van der Waals surface area contributed by atoms with E-state index >= 15 is 0 Å². The van der Waals surface area contributed by atoms with Gasteiger partial charge < -0.3 is 0 Å². The van der Waals surface area contributed by atoms with Gasteiger partial charge in [-0.25, -0.2) is 14.0 Å². The summed E-state index contributed by atoms with van der Waals surface area (Å²) in [6.45, 7) is 2.41. The highest BCUT2D eigenvalue weighted by atomic mass is 16.1. The topological polar surface area (TPSA) is 139 Å². The van der Waals surface area contributed by atoms with Crippen LogP contribution in [0.2, 0.25) is 0 Å². The second kappa shape index (κ2) is 6.95. The zero-order valence-corrected chi connectivity index (χ0v) is 14.8. The molecule has 0 N–H and O–H groups in total. The lowest BCUT2D eigenvalue weighted by Crippen LogP contribution is -2.30. The van der Waals surface area contributed by atoms with Gasteiger partial charge in [-0.1, -0.05) is 10.4 Å². The smallest absolute Gasteiger partial charge is 0.267 e. The van der Waals surface area contributed by atoms with E-state index in [1.54, 1.807) is 6.92 Å². The van der Waals surface area contributed by atoms with E-state index in [4.69, 9.17) is 6.42 Å². The molecule has 0 aliphatic heterocycles. The average molecular weight is 378 g/mol. The van der Waals surface area contributed by atoms with Crippen molar-refractivity contribution in [1.82, 2.24) is 50.2 Å². The standard InChI is InChI=1S/C16H14N10O2/c1-3-4-5-25-15(27)11-6-14-12(7-13(11)18-21-25)16(28)26(22-19-14)10(2)8-24-9-17-20-23-24/h1,6-7,9-10H,4-5,8H2,2H3. The zero-order valence-electron chi connectivity index (χ0n) is 14.8. The summed E-state index contributed by atoms with van der Waals surface area (Å²) >= 11 is 0. The van der Waals surface area contributed by atoms with E-state index in [1.165, 1.54) is 32.5 Å². The summed E-state index contributed by atoms with van der Waals surface area (Å²) in [5.41, 5.74) is -0.0952. The van der Waals surface area contributed by atoms with Crippen molar-refractivity contribution in [2.75, 3.05) is 0 Å². The van der Waals surface area contributed by atoms with E-state index in [2.05, 4.69) is 42.1 Å². The van der Waals surface area contributed by atoms with Gasteiger partial charge in [0.2, 0.25) is 0 Å². The zero-order chi connectivity index (χ0) is 19.7. The first kappa shape index (κ1) is 17.4. The summed E-state index contributed by atoms with van der Waals surface area (Å²) in [6.07, 6.45) is 7.04. The molecule has 0 fully saturated rings. The molecule has 0 bridgehead atoms. The Balaban J connectivity index is 1.80. The molecule has 3 heterocycles. The minimum absolute atomic E-state index is 0.262. The molecular formula is C16H14N10O2. The molecule has 0 amide bonds. The molecule has 0 aliphatic carbocycles. The second-order valence-electron chi connectivity index (χ2n) is 6.18. The lowest BCUT2D eigenvalue weighted by Gasteiger charge is -2.12. The number of aromatic nitrogens is 10. The van der Waals surface area contributed by atoms with Crippen LogP contribution in [0, 0.1) is 12.3 Å². The summed E-state index contributed by atoms with van der Waals surface area (Å²) < 4.78 is 3.93. The molecule has 1 atom stereocenters. The number of aryl methyl sites for hydroxylation is 1. The van der Waals surface area contributed by atoms with Crippen molar-refractivity contribution in [3.63, 3.8) is 0 Å². The Morgan fingerprint density at radius 1 is 1.07 bits per heavy atom. The molecule has 1 unspecified atom stereocenters. The highest BCUT2D eigenvalue weighted by Crippen LogP contribution is 2.14. The van der Waals surface area contributed by atoms with Crippen LogP contribution in [0.25, 0.3) is 21.8 Å². The van der Waals surface area contributed by atoms with E-state index in [0.29, 0.717) is 34.8 Å². The Hall–Kier alpha value is -4.01. The van der Waals surface area contributed by atoms with Crippen molar-refractivity contribution >= 4 is 21.8 Å². The molecule has 0 radical (unpaired) electrons. The van der Waals surface area contributed by atoms with E-state index in [1.807, 2.05) is 0 Å². The van der Waals surface area contributed by atoms with Gasteiger partial charge >= 0.3 is 0 Å². The number of tetrazole rings is 1. The molecule has 140 valence electrons. The van der Waals surface area contributed by atoms with Gasteiger partial charge in [0.25, 0.3) is 11.1 Å². The van der Waals surface area contributed by atoms with E-state index in [0.717, 1.165) is 0 Å². The largest absolute Gasteiger partial charge is 0.277 e. The molecule has 12 nitrogen and oxygen atoms in total. The van der Waals surface area contributed by atoms with Gasteiger partial charge in [-0.3, -0.25) is 9.59 Å². The second-order valence-corrected chi connectivity index (χ2v) is 6.18. The molecule has 12 heteroatoms. The minimum Gasteiger partial charge on any atom is -0.267 e. The molecule has 4 rings (SSSR count). The van der Waals surface area contributed by atoms with Crippen LogP contribution in [0.1, 0.15) is 19.4 Å². The van der Waals surface area contributed by atoms with Crippen molar-refractivity contribution in [3.05, 3.63) is 39.2 Å². The van der Waals surface area contributed by atoms with Gasteiger partial charge in [-0.2, -0.15) is 0 Å². The van der Waals surface area contributed by atoms with Gasteiger partial charge in [0, 0.05) is 6.42 Å². The highest BCUT2D eigenvalue weighted by Gasteiger charge is 2.15. The van der Waals surface area contributed by atoms with E-state index in [-0.39, 0.29) is 23.7 Å². The molecule has 0 saturated heterocycles. The molecule has 0 spiro atoms. The Bertz CT molecular complexity index is 1320. The van der Waals surface area contributed by atoms with Crippen molar-refractivity contribution in [1.29, 1.82) is 0 Å². The first-order valence-corrected chi connectivity index (χ1v) is 8.39. The maximum atomic E-state index is 12.9. The summed E-state index contributed by atoms with van der Waals surface area (Å²) in [5, 5.41) is 27.5. The lowest BCUT2D eigenvalue weighted by molar-refractivity contribution is 0.375. The van der Waals surface area contributed by atoms with Crippen molar-refractivity contribution in [2.45, 2.75) is 32.5 Å². The summed E-state index contributed by atoms with van der Waals surface area (Å²) in [5.74, 6) is 2.45. The predicted octanol–water partition coefficient (Wildman–Crippen LogP) is -0.833. The van der Waals surface area contributed by atoms with Crippen molar-refractivity contribution in [2.24, 2.45) is 0 Å². The number of benzene rings is 1. The number of nitrogens with zero attached hydrogens (tertiary/aromatic N) is 10. The third-order valence-corrected chi connectivity index (χ3v) is 4.25. The Kier molecular flexibility index (Phi) is 4.32. The molecule has 1 aromatic carbocycles. The fraction of sp³-hybridized carbons (Fsp3) is 0.312. The van der Waals surface area contributed by atoms with Crippen LogP contribution in [0.5, 0.6) is 0 Å². The monoisotopic (exact) mass is 378 g/mol. The van der Waals surface area contributed by atoms with Gasteiger partial charge in [-0.05, 0) is 29.5 Å². The average Bonchev–Trinajstić information content (AvgIpc) is 3.20. The van der Waals surface area contributed by atoms with Crippen LogP contribution < -0.4 is 11.1 Å². The summed E-state index contributed by atoms with van der Waals surface area (Å²) in [4.78, 5) is 25.4. The number of hydrogen-bond acceptors (Lipinski definition) is 9.